The number of para-hydroxylation sites is 1. The summed E-state index contributed by atoms with van der Waals surface area (Å²) in [7, 11) is 0. The Bertz CT molecular complexity index is 1200. The van der Waals surface area contributed by atoms with E-state index in [1.165, 1.54) is 55.0 Å². The van der Waals surface area contributed by atoms with Crippen LogP contribution in [-0.2, 0) is 0 Å². The lowest BCUT2D eigenvalue weighted by atomic mass is 9.95. The Labute approximate surface area is 170 Å². The molecule has 140 valence electrons. The van der Waals surface area contributed by atoms with Crippen molar-refractivity contribution >= 4 is 33.5 Å². The molecule has 0 bridgehead atoms. The smallest absolute Gasteiger partial charge is 0.134 e. The first-order valence-electron chi connectivity index (χ1n) is 10.00. The van der Waals surface area contributed by atoms with E-state index < -0.39 is 0 Å². The van der Waals surface area contributed by atoms with Crippen molar-refractivity contribution in [1.29, 1.82) is 0 Å². The summed E-state index contributed by atoms with van der Waals surface area (Å²) < 4.78 is 6.08. The van der Waals surface area contributed by atoms with Gasteiger partial charge in [-0.15, -0.1) is 11.3 Å². The molecule has 28 heavy (non-hydrogen) atoms. The maximum absolute atomic E-state index is 6.08. The molecule has 2 heteroatoms. The number of allylic oxidation sites excluding steroid dienone is 2. The van der Waals surface area contributed by atoms with Crippen LogP contribution in [0, 0.1) is 20.8 Å². The third-order valence-corrected chi connectivity index (χ3v) is 6.97. The molecule has 0 aliphatic heterocycles. The van der Waals surface area contributed by atoms with Gasteiger partial charge in [-0.05, 0) is 74.4 Å². The average Bonchev–Trinajstić information content (AvgIpc) is 3.38. The molecular weight excluding hydrogens is 360 g/mol. The van der Waals surface area contributed by atoms with E-state index in [-0.39, 0.29) is 0 Å². The molecule has 0 N–H and O–H groups in total. The molecule has 4 aromatic rings. The Morgan fingerprint density at radius 3 is 2.43 bits per heavy atom. The molecule has 2 aromatic heterocycles. The highest BCUT2D eigenvalue weighted by Gasteiger charge is 2.25. The summed E-state index contributed by atoms with van der Waals surface area (Å²) in [5.41, 5.74) is 9.37. The Balaban J connectivity index is 1.66. The van der Waals surface area contributed by atoms with Gasteiger partial charge < -0.3 is 4.42 Å². The number of fused-ring (bicyclic) bond motifs is 1. The standard InChI is InChI=1S/C26H24OS/c1-16-11-13-19(14-12-16)25-15-23(18(3)28-25)20-8-6-9-21(20)26-17(2)27-24-10-5-4-7-22(24)26/h4-5,7,10-15H,6,8-9H2,1-3H3. The predicted molar refractivity (Wildman–Crippen MR) is 121 cm³/mol. The lowest BCUT2D eigenvalue weighted by Gasteiger charge is -2.08. The minimum Gasteiger partial charge on any atom is -0.461 e. The van der Waals surface area contributed by atoms with E-state index in [2.05, 4.69) is 75.4 Å². The van der Waals surface area contributed by atoms with Crippen LogP contribution >= 0.6 is 11.3 Å². The minimum atomic E-state index is 0.996. The van der Waals surface area contributed by atoms with Crippen LogP contribution in [0.1, 0.15) is 46.6 Å². The van der Waals surface area contributed by atoms with E-state index in [9.17, 15) is 0 Å². The van der Waals surface area contributed by atoms with Gasteiger partial charge in [-0.25, -0.2) is 0 Å². The van der Waals surface area contributed by atoms with Gasteiger partial charge in [0.1, 0.15) is 11.3 Å². The largest absolute Gasteiger partial charge is 0.461 e. The fourth-order valence-corrected chi connectivity index (χ4v) is 5.55. The van der Waals surface area contributed by atoms with E-state index in [0.717, 1.165) is 24.2 Å². The van der Waals surface area contributed by atoms with Crippen LogP contribution in [0.2, 0.25) is 0 Å². The second-order valence-electron chi connectivity index (χ2n) is 7.79. The Kier molecular flexibility index (Phi) is 4.25. The van der Waals surface area contributed by atoms with Crippen LogP contribution in [-0.4, -0.2) is 0 Å². The van der Waals surface area contributed by atoms with Crippen molar-refractivity contribution in [1.82, 2.24) is 0 Å². The zero-order chi connectivity index (χ0) is 19.3. The molecule has 2 aromatic carbocycles. The van der Waals surface area contributed by atoms with Crippen molar-refractivity contribution in [3.05, 3.63) is 81.9 Å². The molecule has 1 aliphatic carbocycles. The molecule has 2 heterocycles. The second kappa shape index (κ2) is 6.79. The number of furan rings is 1. The highest BCUT2D eigenvalue weighted by atomic mass is 32.1. The highest BCUT2D eigenvalue weighted by Crippen LogP contribution is 2.47. The predicted octanol–water partition coefficient (Wildman–Crippen LogP) is 8.18. The van der Waals surface area contributed by atoms with E-state index in [0.29, 0.717) is 0 Å². The van der Waals surface area contributed by atoms with E-state index in [4.69, 9.17) is 4.42 Å². The second-order valence-corrected chi connectivity index (χ2v) is 9.04. The maximum Gasteiger partial charge on any atom is 0.134 e. The van der Waals surface area contributed by atoms with Crippen molar-refractivity contribution in [3.63, 3.8) is 0 Å². The summed E-state index contributed by atoms with van der Waals surface area (Å²) in [6.07, 6.45) is 3.51. The number of thiophene rings is 1. The van der Waals surface area contributed by atoms with Gasteiger partial charge in [0.2, 0.25) is 0 Å². The Morgan fingerprint density at radius 2 is 1.61 bits per heavy atom. The van der Waals surface area contributed by atoms with Crippen molar-refractivity contribution < 1.29 is 4.42 Å². The summed E-state index contributed by atoms with van der Waals surface area (Å²) in [6, 6.07) is 19.7. The molecule has 0 unspecified atom stereocenters. The van der Waals surface area contributed by atoms with Gasteiger partial charge >= 0.3 is 0 Å². The van der Waals surface area contributed by atoms with Crippen molar-refractivity contribution in [3.8, 4) is 10.4 Å². The Morgan fingerprint density at radius 1 is 0.857 bits per heavy atom. The van der Waals surface area contributed by atoms with E-state index in [1.54, 1.807) is 0 Å². The number of hydrogen-bond donors (Lipinski definition) is 0. The van der Waals surface area contributed by atoms with Gasteiger partial charge in [-0.3, -0.25) is 0 Å². The zero-order valence-electron chi connectivity index (χ0n) is 16.6. The van der Waals surface area contributed by atoms with Gasteiger partial charge in [0.15, 0.2) is 0 Å². The van der Waals surface area contributed by atoms with Crippen LogP contribution in [0.15, 0.2) is 59.0 Å². The highest BCUT2D eigenvalue weighted by molar-refractivity contribution is 7.15. The first-order valence-corrected chi connectivity index (χ1v) is 10.8. The average molecular weight is 385 g/mol. The fourth-order valence-electron chi connectivity index (χ4n) is 4.50. The van der Waals surface area contributed by atoms with Gasteiger partial charge in [-0.2, -0.15) is 0 Å². The summed E-state index contributed by atoms with van der Waals surface area (Å²) >= 11 is 1.91. The van der Waals surface area contributed by atoms with Crippen LogP contribution in [0.5, 0.6) is 0 Å². The van der Waals surface area contributed by atoms with Gasteiger partial charge in [0, 0.05) is 20.7 Å². The van der Waals surface area contributed by atoms with Crippen LogP contribution in [0.25, 0.3) is 32.6 Å². The number of aryl methyl sites for hydroxylation is 3. The molecule has 1 nitrogen and oxygen atoms in total. The summed E-state index contributed by atoms with van der Waals surface area (Å²) in [6.45, 7) is 6.51. The van der Waals surface area contributed by atoms with Crippen molar-refractivity contribution in [2.75, 3.05) is 0 Å². The lowest BCUT2D eigenvalue weighted by Crippen LogP contribution is -1.87. The Hall–Kier alpha value is -2.58. The quantitative estimate of drug-likeness (QED) is 0.347. The van der Waals surface area contributed by atoms with E-state index >= 15 is 0 Å². The molecule has 0 radical (unpaired) electrons. The molecule has 0 spiro atoms. The SMILES string of the molecule is Cc1ccc(-c2cc(C3=C(c4c(C)oc5ccccc45)CCC3)c(C)s2)cc1. The molecule has 0 fully saturated rings. The zero-order valence-corrected chi connectivity index (χ0v) is 17.5. The summed E-state index contributed by atoms with van der Waals surface area (Å²) in [5.74, 6) is 1.04. The first kappa shape index (κ1) is 17.5. The monoisotopic (exact) mass is 384 g/mol. The topological polar surface area (TPSA) is 13.1 Å². The minimum absolute atomic E-state index is 0.996. The lowest BCUT2D eigenvalue weighted by molar-refractivity contribution is 0.577. The van der Waals surface area contributed by atoms with Crippen LogP contribution in [0.4, 0.5) is 0 Å². The molecule has 0 amide bonds. The maximum atomic E-state index is 6.08. The molecule has 5 rings (SSSR count). The van der Waals surface area contributed by atoms with Crippen molar-refractivity contribution in [2.45, 2.75) is 40.0 Å². The van der Waals surface area contributed by atoms with Crippen LogP contribution in [0.3, 0.4) is 0 Å². The molecule has 0 atom stereocenters. The van der Waals surface area contributed by atoms with Gasteiger partial charge in [0.25, 0.3) is 0 Å². The van der Waals surface area contributed by atoms with Crippen LogP contribution < -0.4 is 0 Å². The van der Waals surface area contributed by atoms with Gasteiger partial charge in [-0.1, -0.05) is 48.0 Å². The van der Waals surface area contributed by atoms with Crippen molar-refractivity contribution in [2.24, 2.45) is 0 Å². The first-order chi connectivity index (χ1) is 13.6. The summed E-state index contributed by atoms with van der Waals surface area (Å²) in [5, 5.41) is 1.25. The number of rotatable bonds is 3. The molecular formula is C26H24OS. The third-order valence-electron chi connectivity index (χ3n) is 5.87. The van der Waals surface area contributed by atoms with Gasteiger partial charge in [0.05, 0.1) is 0 Å². The number of hydrogen-bond acceptors (Lipinski definition) is 2. The fraction of sp³-hybridized carbons (Fsp3) is 0.231. The molecule has 0 saturated carbocycles. The van der Waals surface area contributed by atoms with E-state index in [1.807, 2.05) is 11.3 Å². The summed E-state index contributed by atoms with van der Waals surface area (Å²) in [4.78, 5) is 2.77. The molecule has 0 saturated heterocycles. The normalized spacial score (nSPS) is 14.4. The number of benzene rings is 2. The third kappa shape index (κ3) is 2.84. The molecule has 1 aliphatic rings.